The van der Waals surface area contributed by atoms with Crippen LogP contribution in [0.3, 0.4) is 0 Å². The standard InChI is InChI=1S/C18H21FN2O2/c1-13(18(22)20-17-10-5-4-9-16(17)19)21(2)12-14-7-6-8-15(11-14)23-3/h4-11,13H,12H2,1-3H3,(H,20,22)/t13-/m0/s1. The minimum absolute atomic E-state index is 0.194. The molecule has 5 heteroatoms. The highest BCUT2D eigenvalue weighted by molar-refractivity contribution is 5.94. The predicted molar refractivity (Wildman–Crippen MR) is 89.0 cm³/mol. The average molecular weight is 316 g/mol. The number of halogens is 1. The van der Waals surface area contributed by atoms with Gasteiger partial charge in [-0.2, -0.15) is 0 Å². The summed E-state index contributed by atoms with van der Waals surface area (Å²) in [4.78, 5) is 14.2. The lowest BCUT2D eigenvalue weighted by Gasteiger charge is -2.24. The average Bonchev–Trinajstić information content (AvgIpc) is 2.56. The number of nitrogens with one attached hydrogen (secondary N) is 1. The molecular formula is C18H21FN2O2. The first-order valence-electron chi connectivity index (χ1n) is 7.40. The summed E-state index contributed by atoms with van der Waals surface area (Å²) in [7, 11) is 3.47. The smallest absolute Gasteiger partial charge is 0.241 e. The van der Waals surface area contributed by atoms with Crippen molar-refractivity contribution < 1.29 is 13.9 Å². The number of ether oxygens (including phenoxy) is 1. The molecule has 0 bridgehead atoms. The SMILES string of the molecule is COc1cccc(CN(C)[C@@H](C)C(=O)Nc2ccccc2F)c1. The highest BCUT2D eigenvalue weighted by Crippen LogP contribution is 2.16. The topological polar surface area (TPSA) is 41.6 Å². The molecule has 0 radical (unpaired) electrons. The van der Waals surface area contributed by atoms with E-state index in [0.29, 0.717) is 6.54 Å². The highest BCUT2D eigenvalue weighted by atomic mass is 19.1. The second-order valence-corrected chi connectivity index (χ2v) is 5.41. The van der Waals surface area contributed by atoms with Gasteiger partial charge in [0.15, 0.2) is 0 Å². The molecule has 0 aliphatic rings. The van der Waals surface area contributed by atoms with Crippen LogP contribution in [0.4, 0.5) is 10.1 Å². The van der Waals surface area contributed by atoms with E-state index in [4.69, 9.17) is 4.74 Å². The van der Waals surface area contributed by atoms with E-state index >= 15 is 0 Å². The maximum Gasteiger partial charge on any atom is 0.241 e. The van der Waals surface area contributed by atoms with Gasteiger partial charge in [-0.1, -0.05) is 24.3 Å². The van der Waals surface area contributed by atoms with Crippen molar-refractivity contribution >= 4 is 11.6 Å². The Morgan fingerprint density at radius 2 is 2.00 bits per heavy atom. The first-order chi connectivity index (χ1) is 11.0. The zero-order chi connectivity index (χ0) is 16.8. The molecule has 122 valence electrons. The summed E-state index contributed by atoms with van der Waals surface area (Å²) in [5.41, 5.74) is 1.23. The van der Waals surface area contributed by atoms with Crippen LogP contribution in [0.1, 0.15) is 12.5 Å². The number of rotatable bonds is 6. The Morgan fingerprint density at radius 1 is 1.26 bits per heavy atom. The van der Waals surface area contributed by atoms with Crippen molar-refractivity contribution in [1.82, 2.24) is 4.90 Å². The number of amides is 1. The molecule has 0 aromatic heterocycles. The molecule has 4 nitrogen and oxygen atoms in total. The van der Waals surface area contributed by atoms with Crippen LogP contribution in [0.2, 0.25) is 0 Å². The van der Waals surface area contributed by atoms with Crippen molar-refractivity contribution in [3.63, 3.8) is 0 Å². The maximum atomic E-state index is 13.6. The van der Waals surface area contributed by atoms with Crippen molar-refractivity contribution in [3.8, 4) is 5.75 Å². The normalized spacial score (nSPS) is 12.0. The van der Waals surface area contributed by atoms with Crippen molar-refractivity contribution in [3.05, 3.63) is 59.9 Å². The number of hydrogen-bond donors (Lipinski definition) is 1. The Balaban J connectivity index is 1.99. The van der Waals surface area contributed by atoms with Gasteiger partial charge in [0.1, 0.15) is 11.6 Å². The highest BCUT2D eigenvalue weighted by Gasteiger charge is 2.19. The maximum absolute atomic E-state index is 13.6. The van der Waals surface area contributed by atoms with Crippen LogP contribution in [-0.4, -0.2) is 31.0 Å². The van der Waals surface area contributed by atoms with Gasteiger partial charge in [-0.3, -0.25) is 9.69 Å². The molecule has 0 aliphatic heterocycles. The first kappa shape index (κ1) is 17.0. The number of likely N-dealkylation sites (N-methyl/N-ethyl adjacent to an activating group) is 1. The van der Waals surface area contributed by atoms with Gasteiger partial charge in [0.25, 0.3) is 0 Å². The van der Waals surface area contributed by atoms with E-state index in [2.05, 4.69) is 5.32 Å². The number of benzene rings is 2. The second kappa shape index (κ2) is 7.74. The second-order valence-electron chi connectivity index (χ2n) is 5.41. The van der Waals surface area contributed by atoms with E-state index in [1.165, 1.54) is 6.07 Å². The summed E-state index contributed by atoms with van der Waals surface area (Å²) in [5, 5.41) is 2.62. The van der Waals surface area contributed by atoms with Crippen molar-refractivity contribution in [2.75, 3.05) is 19.5 Å². The van der Waals surface area contributed by atoms with Crippen LogP contribution in [0.25, 0.3) is 0 Å². The molecule has 1 amide bonds. The summed E-state index contributed by atoms with van der Waals surface area (Å²) in [6.45, 7) is 2.37. The molecule has 0 fully saturated rings. The van der Waals surface area contributed by atoms with Crippen LogP contribution in [0.5, 0.6) is 5.75 Å². The van der Waals surface area contributed by atoms with Crippen molar-refractivity contribution in [2.45, 2.75) is 19.5 Å². The summed E-state index contributed by atoms with van der Waals surface area (Å²) in [5.74, 6) is 0.0864. The quantitative estimate of drug-likeness (QED) is 0.889. The number of carbonyl (C=O) groups excluding carboxylic acids is 1. The number of nitrogens with zero attached hydrogens (tertiary/aromatic N) is 1. The Labute approximate surface area is 135 Å². The number of hydrogen-bond acceptors (Lipinski definition) is 3. The third-order valence-electron chi connectivity index (χ3n) is 3.74. The Bertz CT molecular complexity index is 676. The molecule has 0 heterocycles. The molecule has 0 saturated heterocycles. The lowest BCUT2D eigenvalue weighted by atomic mass is 10.1. The van der Waals surface area contributed by atoms with Gasteiger partial charge in [0.2, 0.25) is 5.91 Å². The zero-order valence-electron chi connectivity index (χ0n) is 13.5. The Morgan fingerprint density at radius 3 is 2.70 bits per heavy atom. The van der Waals surface area contributed by atoms with Gasteiger partial charge in [0.05, 0.1) is 18.8 Å². The lowest BCUT2D eigenvalue weighted by molar-refractivity contribution is -0.120. The largest absolute Gasteiger partial charge is 0.497 e. The Hall–Kier alpha value is -2.40. The molecule has 0 aliphatic carbocycles. The van der Waals surface area contributed by atoms with Crippen LogP contribution in [0.15, 0.2) is 48.5 Å². The first-order valence-corrected chi connectivity index (χ1v) is 7.40. The molecule has 2 aromatic carbocycles. The summed E-state index contributed by atoms with van der Waals surface area (Å²) < 4.78 is 18.8. The van der Waals surface area contributed by atoms with Gasteiger partial charge in [-0.05, 0) is 43.8 Å². The number of anilines is 1. The van der Waals surface area contributed by atoms with Gasteiger partial charge >= 0.3 is 0 Å². The molecule has 0 saturated carbocycles. The molecular weight excluding hydrogens is 295 g/mol. The van der Waals surface area contributed by atoms with E-state index in [9.17, 15) is 9.18 Å². The van der Waals surface area contributed by atoms with E-state index in [-0.39, 0.29) is 11.6 Å². The third kappa shape index (κ3) is 4.53. The molecule has 23 heavy (non-hydrogen) atoms. The molecule has 0 spiro atoms. The fourth-order valence-corrected chi connectivity index (χ4v) is 2.20. The molecule has 1 atom stereocenters. The summed E-state index contributed by atoms with van der Waals surface area (Å²) in [6.07, 6.45) is 0. The van der Waals surface area contributed by atoms with E-state index in [1.807, 2.05) is 36.2 Å². The van der Waals surface area contributed by atoms with Crippen molar-refractivity contribution in [2.24, 2.45) is 0 Å². The van der Waals surface area contributed by atoms with E-state index in [1.54, 1.807) is 32.2 Å². The van der Waals surface area contributed by atoms with Crippen LogP contribution >= 0.6 is 0 Å². The lowest BCUT2D eigenvalue weighted by Crippen LogP contribution is -2.39. The number of para-hydroxylation sites is 1. The number of methoxy groups -OCH3 is 1. The summed E-state index contributed by atoms with van der Waals surface area (Å²) >= 11 is 0. The predicted octanol–water partition coefficient (Wildman–Crippen LogP) is 3.29. The van der Waals surface area contributed by atoms with Gasteiger partial charge in [-0.25, -0.2) is 4.39 Å². The molecule has 2 rings (SSSR count). The Kier molecular flexibility index (Phi) is 5.71. The van der Waals surface area contributed by atoms with Gasteiger partial charge in [0, 0.05) is 6.54 Å². The fraction of sp³-hybridized carbons (Fsp3) is 0.278. The molecule has 0 unspecified atom stereocenters. The van der Waals surface area contributed by atoms with Crippen LogP contribution < -0.4 is 10.1 Å². The van der Waals surface area contributed by atoms with Crippen LogP contribution in [-0.2, 0) is 11.3 Å². The van der Waals surface area contributed by atoms with Crippen molar-refractivity contribution in [1.29, 1.82) is 0 Å². The third-order valence-corrected chi connectivity index (χ3v) is 3.74. The van der Waals surface area contributed by atoms with Gasteiger partial charge < -0.3 is 10.1 Å². The van der Waals surface area contributed by atoms with E-state index < -0.39 is 11.9 Å². The van der Waals surface area contributed by atoms with Crippen LogP contribution in [0, 0.1) is 5.82 Å². The summed E-state index contributed by atoms with van der Waals surface area (Å²) in [6, 6.07) is 13.4. The monoisotopic (exact) mass is 316 g/mol. The van der Waals surface area contributed by atoms with E-state index in [0.717, 1.165) is 11.3 Å². The zero-order valence-corrected chi connectivity index (χ0v) is 13.5. The number of carbonyl (C=O) groups is 1. The molecule has 1 N–H and O–H groups in total. The molecule has 2 aromatic rings. The fourth-order valence-electron chi connectivity index (χ4n) is 2.20. The van der Waals surface area contributed by atoms with Gasteiger partial charge in [-0.15, -0.1) is 0 Å². The minimum atomic E-state index is -0.441. The minimum Gasteiger partial charge on any atom is -0.497 e.